The third-order valence-electron chi connectivity index (χ3n) is 18.8. The molecule has 19 heteroatoms. The predicted molar refractivity (Wildman–Crippen MR) is 400 cm³/mol. The zero-order valence-electron chi connectivity index (χ0n) is 64.1. The van der Waals surface area contributed by atoms with Crippen LogP contribution in [0.25, 0.3) is 0 Å². The molecule has 98 heavy (non-hydrogen) atoms. The van der Waals surface area contributed by atoms with E-state index in [4.69, 9.17) is 37.0 Å². The molecule has 6 atom stereocenters. The molecule has 582 valence electrons. The van der Waals surface area contributed by atoms with E-state index in [1.807, 2.05) is 0 Å². The van der Waals surface area contributed by atoms with E-state index in [0.717, 1.165) is 102 Å². The number of ether oxygens (including phenoxy) is 4. The van der Waals surface area contributed by atoms with Crippen molar-refractivity contribution >= 4 is 39.5 Å². The smallest absolute Gasteiger partial charge is 0.462 e. The molecule has 0 radical (unpaired) electrons. The fourth-order valence-electron chi connectivity index (χ4n) is 12.2. The number of carbonyl (C=O) groups excluding carboxylic acids is 4. The molecule has 0 rings (SSSR count). The van der Waals surface area contributed by atoms with Crippen molar-refractivity contribution in [2.45, 2.75) is 432 Å². The van der Waals surface area contributed by atoms with Crippen LogP contribution in [-0.2, 0) is 65.4 Å². The van der Waals surface area contributed by atoms with E-state index in [1.165, 1.54) is 231 Å². The Morgan fingerprint density at radius 2 is 0.520 bits per heavy atom. The van der Waals surface area contributed by atoms with E-state index in [9.17, 15) is 43.2 Å². The second kappa shape index (κ2) is 70.7. The lowest BCUT2D eigenvalue weighted by atomic mass is 9.99. The lowest BCUT2D eigenvalue weighted by Gasteiger charge is -2.21. The van der Waals surface area contributed by atoms with Gasteiger partial charge in [0.25, 0.3) is 0 Å². The van der Waals surface area contributed by atoms with Crippen LogP contribution in [0.2, 0.25) is 0 Å². The van der Waals surface area contributed by atoms with Crippen molar-refractivity contribution in [2.75, 3.05) is 39.6 Å². The van der Waals surface area contributed by atoms with Gasteiger partial charge in [0.15, 0.2) is 12.2 Å². The Balaban J connectivity index is 5.23. The summed E-state index contributed by atoms with van der Waals surface area (Å²) in [5.74, 6) is -0.533. The average molecular weight is 1440 g/mol. The zero-order valence-corrected chi connectivity index (χ0v) is 65.9. The van der Waals surface area contributed by atoms with E-state index < -0.39 is 97.5 Å². The Morgan fingerprint density at radius 1 is 0.296 bits per heavy atom. The molecule has 17 nitrogen and oxygen atoms in total. The Kier molecular flexibility index (Phi) is 69.3. The first-order valence-electron chi connectivity index (χ1n) is 41.0. The molecular weight excluding hydrogens is 1280 g/mol. The number of phosphoric acid groups is 2. The molecule has 0 amide bonds. The molecule has 3 N–H and O–H groups in total. The highest BCUT2D eigenvalue weighted by atomic mass is 31.2. The van der Waals surface area contributed by atoms with Crippen LogP contribution >= 0.6 is 15.6 Å². The van der Waals surface area contributed by atoms with Crippen LogP contribution in [0.3, 0.4) is 0 Å². The largest absolute Gasteiger partial charge is 0.472 e. The number of hydrogen-bond acceptors (Lipinski definition) is 15. The van der Waals surface area contributed by atoms with Crippen LogP contribution in [0, 0.1) is 11.8 Å². The van der Waals surface area contributed by atoms with Crippen LogP contribution in [0.4, 0.5) is 0 Å². The number of rotatable bonds is 78. The summed E-state index contributed by atoms with van der Waals surface area (Å²) < 4.78 is 68.6. The van der Waals surface area contributed by atoms with Gasteiger partial charge in [0.1, 0.15) is 19.3 Å². The lowest BCUT2D eigenvalue weighted by Crippen LogP contribution is -2.30. The summed E-state index contributed by atoms with van der Waals surface area (Å²) in [4.78, 5) is 72.9. The predicted octanol–water partition coefficient (Wildman–Crippen LogP) is 23.5. The molecule has 0 heterocycles. The van der Waals surface area contributed by atoms with E-state index in [2.05, 4.69) is 41.5 Å². The maximum atomic E-state index is 13.1. The van der Waals surface area contributed by atoms with Gasteiger partial charge in [0.2, 0.25) is 0 Å². The number of carbonyl (C=O) groups is 4. The first-order valence-corrected chi connectivity index (χ1v) is 44.0. The van der Waals surface area contributed by atoms with Crippen molar-refractivity contribution in [1.29, 1.82) is 0 Å². The Bertz CT molecular complexity index is 1890. The van der Waals surface area contributed by atoms with Gasteiger partial charge >= 0.3 is 39.5 Å². The SMILES string of the molecule is CCCCCCCCCCCCCCCCCCCC(=O)OC[C@H](COP(=O)(O)OC[C@@H](O)COP(=O)(O)OC[C@@H](COC(=O)CCCCCCCCCCCC)OC(=O)CCCCCCCCCCC(C)CC)OC(=O)CCCCCCCCCCCCCCCCCCC(C)C. The van der Waals surface area contributed by atoms with Crippen molar-refractivity contribution in [3.63, 3.8) is 0 Å². The van der Waals surface area contributed by atoms with E-state index in [1.54, 1.807) is 0 Å². The Labute approximate surface area is 600 Å². The highest BCUT2D eigenvalue weighted by molar-refractivity contribution is 7.47. The highest BCUT2D eigenvalue weighted by Crippen LogP contribution is 2.45. The van der Waals surface area contributed by atoms with Crippen LogP contribution in [0.1, 0.15) is 414 Å². The fraction of sp³-hybridized carbons (Fsp3) is 0.949. The van der Waals surface area contributed by atoms with Gasteiger partial charge in [0, 0.05) is 25.7 Å². The normalized spacial score (nSPS) is 14.2. The minimum Gasteiger partial charge on any atom is -0.462 e. The van der Waals surface area contributed by atoms with Crippen molar-refractivity contribution in [2.24, 2.45) is 11.8 Å². The summed E-state index contributed by atoms with van der Waals surface area (Å²) in [6, 6.07) is 0. The molecule has 0 aliphatic heterocycles. The number of unbranched alkanes of at least 4 members (excludes halogenated alkanes) is 47. The summed E-state index contributed by atoms with van der Waals surface area (Å²) in [5.41, 5.74) is 0. The highest BCUT2D eigenvalue weighted by Gasteiger charge is 2.30. The van der Waals surface area contributed by atoms with Gasteiger partial charge in [-0.3, -0.25) is 37.3 Å². The third kappa shape index (κ3) is 71.1. The van der Waals surface area contributed by atoms with Gasteiger partial charge < -0.3 is 33.8 Å². The van der Waals surface area contributed by atoms with Gasteiger partial charge in [-0.1, -0.05) is 363 Å². The van der Waals surface area contributed by atoms with Crippen molar-refractivity contribution in [3.05, 3.63) is 0 Å². The van der Waals surface area contributed by atoms with E-state index in [0.29, 0.717) is 25.7 Å². The van der Waals surface area contributed by atoms with Gasteiger partial charge in [-0.15, -0.1) is 0 Å². The van der Waals surface area contributed by atoms with Gasteiger partial charge in [-0.05, 0) is 37.5 Å². The number of aliphatic hydroxyl groups is 1. The third-order valence-corrected chi connectivity index (χ3v) is 20.7. The van der Waals surface area contributed by atoms with Crippen LogP contribution < -0.4 is 0 Å². The summed E-state index contributed by atoms with van der Waals surface area (Å²) in [6.07, 6.45) is 59.6. The lowest BCUT2D eigenvalue weighted by molar-refractivity contribution is -0.161. The number of hydrogen-bond donors (Lipinski definition) is 3. The summed E-state index contributed by atoms with van der Waals surface area (Å²) in [5, 5.41) is 10.6. The topological polar surface area (TPSA) is 237 Å². The summed E-state index contributed by atoms with van der Waals surface area (Å²) >= 11 is 0. The summed E-state index contributed by atoms with van der Waals surface area (Å²) in [6.45, 7) is 9.64. The van der Waals surface area contributed by atoms with Crippen LogP contribution in [-0.4, -0.2) is 96.7 Å². The molecule has 0 aliphatic carbocycles. The minimum atomic E-state index is -4.96. The standard InChI is InChI=1S/C79H154O17P2/c1-7-10-12-14-16-18-20-21-22-23-27-30-33-37-44-50-56-62-77(82)90-67-74(95-78(83)63-57-51-45-38-34-31-28-25-24-26-29-32-35-41-47-53-59-71(4)5)69-93-97(85,86)91-65-73(80)66-92-98(87,88)94-70-75(68-89-76(81)61-55-49-43-36-19-17-15-13-11-8-2)96-79(84)64-58-52-46-40-39-42-48-54-60-72(6)9-3/h71-75,80H,7-70H2,1-6H3,(H,85,86)(H,87,88)/t72?,73-,74-,75-/m1/s1. The van der Waals surface area contributed by atoms with Crippen molar-refractivity contribution < 1.29 is 80.2 Å². The summed E-state index contributed by atoms with van der Waals surface area (Å²) in [7, 11) is -9.91. The van der Waals surface area contributed by atoms with E-state index >= 15 is 0 Å². The van der Waals surface area contributed by atoms with Gasteiger partial charge in [-0.2, -0.15) is 0 Å². The maximum absolute atomic E-state index is 13.1. The monoisotopic (exact) mass is 1440 g/mol. The van der Waals surface area contributed by atoms with Crippen LogP contribution in [0.5, 0.6) is 0 Å². The van der Waals surface area contributed by atoms with Crippen molar-refractivity contribution in [3.8, 4) is 0 Å². The Hall–Kier alpha value is -1.94. The zero-order chi connectivity index (χ0) is 72.1. The molecule has 0 aliphatic rings. The molecule has 0 saturated carbocycles. The molecule has 0 aromatic rings. The molecule has 0 spiro atoms. The molecule has 3 unspecified atom stereocenters. The first-order chi connectivity index (χ1) is 47.4. The minimum absolute atomic E-state index is 0.105. The quantitative estimate of drug-likeness (QED) is 0.0222. The van der Waals surface area contributed by atoms with Crippen LogP contribution in [0.15, 0.2) is 0 Å². The van der Waals surface area contributed by atoms with Crippen molar-refractivity contribution in [1.82, 2.24) is 0 Å². The molecular formula is C79H154O17P2. The molecule has 0 saturated heterocycles. The molecule has 0 bridgehead atoms. The first kappa shape index (κ1) is 96.1. The maximum Gasteiger partial charge on any atom is 0.472 e. The van der Waals surface area contributed by atoms with Gasteiger partial charge in [-0.25, -0.2) is 9.13 Å². The molecule has 0 aromatic carbocycles. The van der Waals surface area contributed by atoms with Gasteiger partial charge in [0.05, 0.1) is 26.4 Å². The number of phosphoric ester groups is 2. The second-order valence-electron chi connectivity index (χ2n) is 29.2. The fourth-order valence-corrected chi connectivity index (χ4v) is 13.7. The number of aliphatic hydroxyl groups excluding tert-OH is 1. The second-order valence-corrected chi connectivity index (χ2v) is 32.1. The number of esters is 4. The Morgan fingerprint density at radius 3 is 0.776 bits per heavy atom. The molecule has 0 aromatic heterocycles. The molecule has 0 fully saturated rings. The van der Waals surface area contributed by atoms with E-state index in [-0.39, 0.29) is 25.7 Å². The average Bonchev–Trinajstić information content (AvgIpc) is 1.07.